The normalized spacial score (nSPS) is 10.1. The summed E-state index contributed by atoms with van der Waals surface area (Å²) < 4.78 is 0.770. The average Bonchev–Trinajstić information content (AvgIpc) is 2.34. The van der Waals surface area contributed by atoms with E-state index in [0.29, 0.717) is 22.0 Å². The second kappa shape index (κ2) is 5.42. The van der Waals surface area contributed by atoms with E-state index < -0.39 is 0 Å². The molecule has 5 heteroatoms. The predicted octanol–water partition coefficient (Wildman–Crippen LogP) is 3.94. The van der Waals surface area contributed by atoms with E-state index in [9.17, 15) is 4.79 Å². The van der Waals surface area contributed by atoms with E-state index >= 15 is 0 Å². The monoisotopic (exact) mass is 324 g/mol. The Morgan fingerprint density at radius 3 is 2.72 bits per heavy atom. The summed E-state index contributed by atoms with van der Waals surface area (Å²) in [5.74, 6) is -0.233. The average molecular weight is 326 g/mol. The lowest BCUT2D eigenvalue weighted by Gasteiger charge is -2.08. The molecular formula is C13H10BrClN2O. The Labute approximate surface area is 118 Å². The zero-order valence-electron chi connectivity index (χ0n) is 9.28. The molecule has 0 unspecified atom stereocenters. The molecule has 18 heavy (non-hydrogen) atoms. The maximum absolute atomic E-state index is 12.0. The predicted molar refractivity (Wildman–Crippen MR) is 78.0 cm³/mol. The van der Waals surface area contributed by atoms with Gasteiger partial charge >= 0.3 is 0 Å². The molecule has 1 amide bonds. The summed E-state index contributed by atoms with van der Waals surface area (Å²) in [5, 5.41) is 3.29. The summed E-state index contributed by atoms with van der Waals surface area (Å²) in [6.07, 6.45) is 0. The first-order valence-corrected chi connectivity index (χ1v) is 6.35. The molecule has 0 aliphatic heterocycles. The fourth-order valence-electron chi connectivity index (χ4n) is 1.46. The minimum Gasteiger partial charge on any atom is -0.399 e. The highest BCUT2D eigenvalue weighted by atomic mass is 79.9. The van der Waals surface area contributed by atoms with Crippen LogP contribution in [0.3, 0.4) is 0 Å². The van der Waals surface area contributed by atoms with Gasteiger partial charge in [0, 0.05) is 20.7 Å². The third-order valence-electron chi connectivity index (χ3n) is 2.33. The number of anilines is 2. The zero-order chi connectivity index (χ0) is 13.1. The molecule has 0 aromatic heterocycles. The molecular weight excluding hydrogens is 316 g/mol. The standard InChI is InChI=1S/C13H10BrClN2O/c14-11-5-4-10(16)7-12(11)17-13(18)8-2-1-3-9(15)6-8/h1-7H,16H2,(H,17,18). The van der Waals surface area contributed by atoms with Crippen molar-refractivity contribution in [1.29, 1.82) is 0 Å². The SMILES string of the molecule is Nc1ccc(Br)c(NC(=O)c2cccc(Cl)c2)c1. The number of halogens is 2. The van der Waals surface area contributed by atoms with Crippen molar-refractivity contribution < 1.29 is 4.79 Å². The molecule has 0 radical (unpaired) electrons. The third-order valence-corrected chi connectivity index (χ3v) is 3.25. The molecule has 0 bridgehead atoms. The van der Waals surface area contributed by atoms with Crippen LogP contribution in [-0.2, 0) is 0 Å². The molecule has 3 N–H and O–H groups in total. The van der Waals surface area contributed by atoms with Crippen LogP contribution in [0.1, 0.15) is 10.4 Å². The molecule has 0 spiro atoms. The van der Waals surface area contributed by atoms with Gasteiger partial charge in [0.25, 0.3) is 5.91 Å². The smallest absolute Gasteiger partial charge is 0.255 e. The highest BCUT2D eigenvalue weighted by Gasteiger charge is 2.08. The van der Waals surface area contributed by atoms with E-state index in [2.05, 4.69) is 21.2 Å². The number of hydrogen-bond donors (Lipinski definition) is 2. The van der Waals surface area contributed by atoms with Gasteiger partial charge in [-0.1, -0.05) is 17.7 Å². The first-order valence-electron chi connectivity index (χ1n) is 5.18. The number of hydrogen-bond acceptors (Lipinski definition) is 2. The van der Waals surface area contributed by atoms with Gasteiger partial charge in [-0.15, -0.1) is 0 Å². The minimum atomic E-state index is -0.233. The van der Waals surface area contributed by atoms with Crippen molar-refractivity contribution in [2.24, 2.45) is 0 Å². The van der Waals surface area contributed by atoms with Crippen LogP contribution in [0.5, 0.6) is 0 Å². The van der Waals surface area contributed by atoms with Crippen molar-refractivity contribution in [1.82, 2.24) is 0 Å². The van der Waals surface area contributed by atoms with Crippen molar-refractivity contribution in [3.63, 3.8) is 0 Å². The van der Waals surface area contributed by atoms with Gasteiger partial charge in [0.2, 0.25) is 0 Å². The van der Waals surface area contributed by atoms with E-state index in [-0.39, 0.29) is 5.91 Å². The third kappa shape index (κ3) is 3.03. The van der Waals surface area contributed by atoms with Gasteiger partial charge in [0.15, 0.2) is 0 Å². The van der Waals surface area contributed by atoms with Gasteiger partial charge in [0.05, 0.1) is 5.69 Å². The van der Waals surface area contributed by atoms with Crippen molar-refractivity contribution in [2.45, 2.75) is 0 Å². The lowest BCUT2D eigenvalue weighted by molar-refractivity contribution is 0.102. The summed E-state index contributed by atoms with van der Waals surface area (Å²) in [7, 11) is 0. The van der Waals surface area contributed by atoms with Crippen LogP contribution in [0, 0.1) is 0 Å². The van der Waals surface area contributed by atoms with Crippen molar-refractivity contribution >= 4 is 44.8 Å². The number of nitrogens with one attached hydrogen (secondary N) is 1. The molecule has 0 fully saturated rings. The number of benzene rings is 2. The van der Waals surface area contributed by atoms with E-state index in [1.54, 1.807) is 42.5 Å². The van der Waals surface area contributed by atoms with Gasteiger partial charge in [-0.05, 0) is 52.3 Å². The molecule has 0 saturated heterocycles. The number of nitrogens with two attached hydrogens (primary N) is 1. The summed E-state index contributed by atoms with van der Waals surface area (Å²) in [4.78, 5) is 12.0. The van der Waals surface area contributed by atoms with E-state index in [4.69, 9.17) is 17.3 Å². The Kier molecular flexibility index (Phi) is 3.89. The first-order chi connectivity index (χ1) is 8.56. The maximum Gasteiger partial charge on any atom is 0.255 e. The first kappa shape index (κ1) is 12.9. The molecule has 2 aromatic rings. The van der Waals surface area contributed by atoms with Gasteiger partial charge in [-0.3, -0.25) is 4.79 Å². The maximum atomic E-state index is 12.0. The number of nitrogen functional groups attached to an aromatic ring is 1. The Hall–Kier alpha value is -1.52. The second-order valence-corrected chi connectivity index (χ2v) is 4.99. The van der Waals surface area contributed by atoms with Crippen LogP contribution >= 0.6 is 27.5 Å². The Morgan fingerprint density at radius 2 is 2.00 bits per heavy atom. The van der Waals surface area contributed by atoms with Crippen LogP contribution in [0.25, 0.3) is 0 Å². The van der Waals surface area contributed by atoms with Crippen LogP contribution in [0.15, 0.2) is 46.9 Å². The minimum absolute atomic E-state index is 0.233. The van der Waals surface area contributed by atoms with Crippen LogP contribution in [-0.4, -0.2) is 5.91 Å². The van der Waals surface area contributed by atoms with Gasteiger partial charge < -0.3 is 11.1 Å². The van der Waals surface area contributed by atoms with Crippen molar-refractivity contribution in [3.8, 4) is 0 Å². The van der Waals surface area contributed by atoms with Gasteiger partial charge in [-0.2, -0.15) is 0 Å². The molecule has 2 rings (SSSR count). The Bertz CT molecular complexity index is 601. The largest absolute Gasteiger partial charge is 0.399 e. The van der Waals surface area contributed by atoms with E-state index in [1.165, 1.54) is 0 Å². The van der Waals surface area contributed by atoms with Crippen LogP contribution < -0.4 is 11.1 Å². The van der Waals surface area contributed by atoms with Gasteiger partial charge in [-0.25, -0.2) is 0 Å². The van der Waals surface area contributed by atoms with Crippen molar-refractivity contribution in [3.05, 3.63) is 57.5 Å². The lowest BCUT2D eigenvalue weighted by Crippen LogP contribution is -2.12. The lowest BCUT2D eigenvalue weighted by atomic mass is 10.2. The number of amides is 1. The summed E-state index contributed by atoms with van der Waals surface area (Å²) >= 11 is 9.19. The molecule has 92 valence electrons. The molecule has 0 saturated carbocycles. The summed E-state index contributed by atoms with van der Waals surface area (Å²) in [5.41, 5.74) is 7.38. The highest BCUT2D eigenvalue weighted by Crippen LogP contribution is 2.25. The molecule has 2 aromatic carbocycles. The molecule has 0 atom stereocenters. The number of carbonyl (C=O) groups excluding carboxylic acids is 1. The number of carbonyl (C=O) groups is 1. The molecule has 0 heterocycles. The van der Waals surface area contributed by atoms with E-state index in [0.717, 1.165) is 4.47 Å². The Morgan fingerprint density at radius 1 is 1.22 bits per heavy atom. The highest BCUT2D eigenvalue weighted by molar-refractivity contribution is 9.10. The number of rotatable bonds is 2. The topological polar surface area (TPSA) is 55.1 Å². The molecule has 0 aliphatic carbocycles. The van der Waals surface area contributed by atoms with Gasteiger partial charge in [0.1, 0.15) is 0 Å². The quantitative estimate of drug-likeness (QED) is 0.822. The fraction of sp³-hybridized carbons (Fsp3) is 0. The zero-order valence-corrected chi connectivity index (χ0v) is 11.6. The summed E-state index contributed by atoms with van der Waals surface area (Å²) in [6.45, 7) is 0. The summed E-state index contributed by atoms with van der Waals surface area (Å²) in [6, 6.07) is 12.0. The second-order valence-electron chi connectivity index (χ2n) is 3.70. The van der Waals surface area contributed by atoms with Crippen molar-refractivity contribution in [2.75, 3.05) is 11.1 Å². The molecule has 3 nitrogen and oxygen atoms in total. The Balaban J connectivity index is 2.24. The van der Waals surface area contributed by atoms with Crippen LogP contribution in [0.4, 0.5) is 11.4 Å². The fourth-order valence-corrected chi connectivity index (χ4v) is 2.00. The molecule has 0 aliphatic rings. The van der Waals surface area contributed by atoms with Crippen LogP contribution in [0.2, 0.25) is 5.02 Å². The van der Waals surface area contributed by atoms with E-state index in [1.807, 2.05) is 0 Å².